The predicted molar refractivity (Wildman–Crippen MR) is 99.8 cm³/mol. The number of methoxy groups -OCH3 is 1. The fourth-order valence-corrected chi connectivity index (χ4v) is 3.11. The second-order valence-electron chi connectivity index (χ2n) is 5.72. The van der Waals surface area contributed by atoms with E-state index in [4.69, 9.17) is 0 Å². The van der Waals surface area contributed by atoms with Crippen LogP contribution in [0.3, 0.4) is 0 Å². The Hall–Kier alpha value is -2.87. The maximum absolute atomic E-state index is 12.3. The van der Waals surface area contributed by atoms with Gasteiger partial charge in [-0.2, -0.15) is 0 Å². The van der Waals surface area contributed by atoms with Crippen molar-refractivity contribution in [3.63, 3.8) is 0 Å². The molecule has 1 amide bonds. The zero-order valence-electron chi connectivity index (χ0n) is 14.7. The van der Waals surface area contributed by atoms with Gasteiger partial charge in [0.2, 0.25) is 15.9 Å². The fourth-order valence-electron chi connectivity index (χ4n) is 2.25. The standard InChI is InChI=1S/C18H20N2O5S/c1-13-4-8-15(9-5-13)19-17(21)12-20(26(3,23)24)16-10-6-14(7-11-16)18(22)25-2/h4-11H,12H2,1-3H3,(H,19,21). The van der Waals surface area contributed by atoms with E-state index in [2.05, 4.69) is 10.1 Å². The molecule has 7 nitrogen and oxygen atoms in total. The van der Waals surface area contributed by atoms with Gasteiger partial charge >= 0.3 is 5.97 Å². The number of benzene rings is 2. The van der Waals surface area contributed by atoms with Crippen molar-refractivity contribution in [1.82, 2.24) is 0 Å². The minimum absolute atomic E-state index is 0.277. The van der Waals surface area contributed by atoms with Crippen molar-refractivity contribution < 1.29 is 22.7 Å². The lowest BCUT2D eigenvalue weighted by molar-refractivity contribution is -0.114. The number of hydrogen-bond acceptors (Lipinski definition) is 5. The SMILES string of the molecule is COC(=O)c1ccc(N(CC(=O)Nc2ccc(C)cc2)S(C)(=O)=O)cc1. The summed E-state index contributed by atoms with van der Waals surface area (Å²) in [6, 6.07) is 12.9. The van der Waals surface area contributed by atoms with Gasteiger partial charge in [-0.1, -0.05) is 17.7 Å². The van der Waals surface area contributed by atoms with Gasteiger partial charge in [0.25, 0.3) is 0 Å². The molecule has 0 unspecified atom stereocenters. The Morgan fingerprint density at radius 1 is 1.04 bits per heavy atom. The summed E-state index contributed by atoms with van der Waals surface area (Å²) < 4.78 is 29.8. The number of rotatable bonds is 6. The first-order chi connectivity index (χ1) is 12.2. The topological polar surface area (TPSA) is 92.8 Å². The second-order valence-corrected chi connectivity index (χ2v) is 7.63. The van der Waals surface area contributed by atoms with Gasteiger partial charge in [0.05, 0.1) is 24.6 Å². The molecule has 0 atom stereocenters. The maximum Gasteiger partial charge on any atom is 0.337 e. The lowest BCUT2D eigenvalue weighted by Crippen LogP contribution is -2.37. The van der Waals surface area contributed by atoms with Crippen molar-refractivity contribution in [2.24, 2.45) is 0 Å². The fraction of sp³-hybridized carbons (Fsp3) is 0.222. The largest absolute Gasteiger partial charge is 0.465 e. The number of amides is 1. The average molecular weight is 376 g/mol. The third kappa shape index (κ3) is 5.06. The van der Waals surface area contributed by atoms with Crippen LogP contribution < -0.4 is 9.62 Å². The third-order valence-corrected chi connectivity index (χ3v) is 4.74. The number of carbonyl (C=O) groups is 2. The van der Waals surface area contributed by atoms with Crippen molar-refractivity contribution in [2.45, 2.75) is 6.92 Å². The van der Waals surface area contributed by atoms with Gasteiger partial charge in [0.1, 0.15) is 6.54 Å². The molecule has 0 spiro atoms. The maximum atomic E-state index is 12.3. The second kappa shape index (κ2) is 8.01. The molecule has 2 aromatic carbocycles. The van der Waals surface area contributed by atoms with Crippen LogP contribution in [0, 0.1) is 6.92 Å². The minimum atomic E-state index is -3.69. The highest BCUT2D eigenvalue weighted by Crippen LogP contribution is 2.19. The summed E-state index contributed by atoms with van der Waals surface area (Å²) in [4.78, 5) is 23.7. The number of sulfonamides is 1. The number of esters is 1. The summed E-state index contributed by atoms with van der Waals surface area (Å²) in [5, 5.41) is 2.66. The minimum Gasteiger partial charge on any atom is -0.465 e. The molecule has 8 heteroatoms. The van der Waals surface area contributed by atoms with Crippen LogP contribution in [0.15, 0.2) is 48.5 Å². The van der Waals surface area contributed by atoms with Crippen LogP contribution in [-0.2, 0) is 19.6 Å². The molecule has 0 radical (unpaired) electrons. The van der Waals surface area contributed by atoms with E-state index < -0.39 is 21.9 Å². The van der Waals surface area contributed by atoms with E-state index in [1.165, 1.54) is 31.4 Å². The molecule has 2 rings (SSSR count). The molecule has 138 valence electrons. The van der Waals surface area contributed by atoms with Gasteiger partial charge in [-0.3, -0.25) is 9.10 Å². The summed E-state index contributed by atoms with van der Waals surface area (Å²) in [6.07, 6.45) is 1.01. The van der Waals surface area contributed by atoms with Gasteiger partial charge in [0.15, 0.2) is 0 Å². The number of carbonyl (C=O) groups excluding carboxylic acids is 2. The smallest absolute Gasteiger partial charge is 0.337 e. The quantitative estimate of drug-likeness (QED) is 0.780. The number of ether oxygens (including phenoxy) is 1. The molecule has 0 saturated carbocycles. The molecule has 0 aliphatic heterocycles. The molecule has 0 saturated heterocycles. The molecular formula is C18H20N2O5S. The number of nitrogens with one attached hydrogen (secondary N) is 1. The lowest BCUT2D eigenvalue weighted by Gasteiger charge is -2.22. The van der Waals surface area contributed by atoms with Gasteiger partial charge in [-0.15, -0.1) is 0 Å². The van der Waals surface area contributed by atoms with E-state index in [-0.39, 0.29) is 17.8 Å². The highest BCUT2D eigenvalue weighted by Gasteiger charge is 2.21. The Morgan fingerprint density at radius 2 is 1.62 bits per heavy atom. The highest BCUT2D eigenvalue weighted by molar-refractivity contribution is 7.92. The number of hydrogen-bond donors (Lipinski definition) is 1. The van der Waals surface area contributed by atoms with Crippen LogP contribution >= 0.6 is 0 Å². The third-order valence-electron chi connectivity index (χ3n) is 3.60. The average Bonchev–Trinajstić information content (AvgIpc) is 2.60. The Labute approximate surface area is 152 Å². The Morgan fingerprint density at radius 3 is 2.12 bits per heavy atom. The van der Waals surface area contributed by atoms with Crippen LogP contribution in [0.25, 0.3) is 0 Å². The van der Waals surface area contributed by atoms with E-state index in [1.54, 1.807) is 12.1 Å². The predicted octanol–water partition coefficient (Wildman–Crippen LogP) is 2.19. The van der Waals surface area contributed by atoms with Crippen molar-refractivity contribution in [3.8, 4) is 0 Å². The summed E-state index contributed by atoms with van der Waals surface area (Å²) in [5.41, 5.74) is 2.19. The Bertz CT molecular complexity index is 890. The Kier molecular flexibility index (Phi) is 5.99. The van der Waals surface area contributed by atoms with Crippen LogP contribution in [0.2, 0.25) is 0 Å². The van der Waals surface area contributed by atoms with Gasteiger partial charge < -0.3 is 10.1 Å². The first kappa shape index (κ1) is 19.5. The van der Waals surface area contributed by atoms with Gasteiger partial charge in [-0.05, 0) is 43.3 Å². The first-order valence-corrected chi connectivity index (χ1v) is 9.58. The number of nitrogens with zero attached hydrogens (tertiary/aromatic N) is 1. The zero-order valence-corrected chi connectivity index (χ0v) is 15.5. The number of aryl methyl sites for hydroxylation is 1. The summed E-state index contributed by atoms with van der Waals surface area (Å²) >= 11 is 0. The molecule has 0 aliphatic rings. The van der Waals surface area contributed by atoms with Gasteiger partial charge in [-0.25, -0.2) is 13.2 Å². The van der Waals surface area contributed by atoms with Crippen LogP contribution in [0.1, 0.15) is 15.9 Å². The summed E-state index contributed by atoms with van der Waals surface area (Å²) in [5.74, 6) is -1.00. The van der Waals surface area contributed by atoms with Crippen LogP contribution in [0.4, 0.5) is 11.4 Å². The summed E-state index contributed by atoms with van der Waals surface area (Å²) in [6.45, 7) is 1.54. The number of anilines is 2. The van der Waals surface area contributed by atoms with Crippen molar-refractivity contribution in [1.29, 1.82) is 0 Å². The molecule has 0 aliphatic carbocycles. The van der Waals surface area contributed by atoms with E-state index in [0.717, 1.165) is 16.1 Å². The molecule has 0 aromatic heterocycles. The van der Waals surface area contributed by atoms with Crippen LogP contribution in [0.5, 0.6) is 0 Å². The first-order valence-electron chi connectivity index (χ1n) is 7.73. The molecule has 1 N–H and O–H groups in total. The summed E-state index contributed by atoms with van der Waals surface area (Å²) in [7, 11) is -2.44. The zero-order chi connectivity index (χ0) is 19.3. The Balaban J connectivity index is 2.18. The van der Waals surface area contributed by atoms with Crippen molar-refractivity contribution in [2.75, 3.05) is 29.5 Å². The van der Waals surface area contributed by atoms with E-state index in [9.17, 15) is 18.0 Å². The van der Waals surface area contributed by atoms with Crippen molar-refractivity contribution >= 4 is 33.3 Å². The molecule has 0 fully saturated rings. The lowest BCUT2D eigenvalue weighted by atomic mass is 10.2. The van der Waals surface area contributed by atoms with E-state index in [0.29, 0.717) is 5.69 Å². The monoisotopic (exact) mass is 376 g/mol. The van der Waals surface area contributed by atoms with Crippen LogP contribution in [-0.4, -0.2) is 40.2 Å². The normalized spacial score (nSPS) is 10.9. The molecule has 26 heavy (non-hydrogen) atoms. The molecular weight excluding hydrogens is 356 g/mol. The molecule has 2 aromatic rings. The highest BCUT2D eigenvalue weighted by atomic mass is 32.2. The van der Waals surface area contributed by atoms with E-state index in [1.807, 2.05) is 19.1 Å². The molecule has 0 heterocycles. The molecule has 0 bridgehead atoms. The van der Waals surface area contributed by atoms with Gasteiger partial charge in [0, 0.05) is 5.69 Å². The van der Waals surface area contributed by atoms with E-state index >= 15 is 0 Å². The van der Waals surface area contributed by atoms with Crippen molar-refractivity contribution in [3.05, 3.63) is 59.7 Å².